The minimum Gasteiger partial charge on any atom is -0.497 e. The Labute approximate surface area is 185 Å². The van der Waals surface area contributed by atoms with Crippen LogP contribution in [-0.4, -0.2) is 35.9 Å². The molecule has 0 aliphatic carbocycles. The van der Waals surface area contributed by atoms with Gasteiger partial charge in [0.25, 0.3) is 0 Å². The zero-order chi connectivity index (χ0) is 22.4. The van der Waals surface area contributed by atoms with Crippen molar-refractivity contribution in [2.45, 2.75) is 25.6 Å². The molecular formula is C23H24N2O5S. The first-order valence-electron chi connectivity index (χ1n) is 9.74. The van der Waals surface area contributed by atoms with E-state index in [1.54, 1.807) is 38.3 Å². The van der Waals surface area contributed by atoms with Gasteiger partial charge in [0.15, 0.2) is 5.17 Å². The van der Waals surface area contributed by atoms with Gasteiger partial charge < -0.3 is 19.9 Å². The smallest absolute Gasteiger partial charge is 0.338 e. The predicted molar refractivity (Wildman–Crippen MR) is 120 cm³/mol. The van der Waals surface area contributed by atoms with Gasteiger partial charge in [0.05, 0.1) is 24.9 Å². The van der Waals surface area contributed by atoms with E-state index in [-0.39, 0.29) is 12.2 Å². The van der Waals surface area contributed by atoms with Crippen molar-refractivity contribution in [1.29, 1.82) is 0 Å². The molecular weight excluding hydrogens is 416 g/mol. The number of amidine groups is 1. The van der Waals surface area contributed by atoms with Gasteiger partial charge in [-0.3, -0.25) is 0 Å². The number of thioether (sulfide) groups is 1. The second kappa shape index (κ2) is 10.2. The summed E-state index contributed by atoms with van der Waals surface area (Å²) in [6, 6.07) is 13.7. The van der Waals surface area contributed by atoms with Crippen LogP contribution < -0.4 is 10.1 Å². The average Bonchev–Trinajstić information content (AvgIpc) is 2.77. The first kappa shape index (κ1) is 22.4. The number of aromatic carboxylic acids is 1. The first-order valence-corrected chi connectivity index (χ1v) is 10.7. The molecule has 8 heteroatoms. The van der Waals surface area contributed by atoms with E-state index in [4.69, 9.17) is 19.6 Å². The van der Waals surface area contributed by atoms with Crippen molar-refractivity contribution in [3.63, 3.8) is 0 Å². The molecule has 1 aliphatic heterocycles. The van der Waals surface area contributed by atoms with E-state index in [1.165, 1.54) is 11.8 Å². The summed E-state index contributed by atoms with van der Waals surface area (Å²) in [5.74, 6) is -0.0275. The van der Waals surface area contributed by atoms with E-state index in [2.05, 4.69) is 5.32 Å². The number of nitrogens with zero attached hydrogens (tertiary/aromatic N) is 1. The zero-order valence-electron chi connectivity index (χ0n) is 17.5. The van der Waals surface area contributed by atoms with Gasteiger partial charge in [-0.2, -0.15) is 0 Å². The van der Waals surface area contributed by atoms with E-state index in [0.717, 1.165) is 16.9 Å². The Morgan fingerprint density at radius 3 is 2.39 bits per heavy atom. The number of rotatable bonds is 7. The van der Waals surface area contributed by atoms with Crippen LogP contribution in [0, 0.1) is 0 Å². The number of aliphatic imine (C=N–C) groups is 1. The number of carbonyl (C=O) groups is 2. The third-order valence-corrected chi connectivity index (χ3v) is 5.68. The molecule has 0 radical (unpaired) electrons. The number of hydrogen-bond donors (Lipinski definition) is 2. The molecule has 2 aromatic carbocycles. The molecule has 0 bridgehead atoms. The highest BCUT2D eigenvalue weighted by Gasteiger charge is 2.30. The lowest BCUT2D eigenvalue weighted by Gasteiger charge is -2.26. The van der Waals surface area contributed by atoms with Crippen LogP contribution in [-0.2, 0) is 15.3 Å². The molecule has 0 aromatic heterocycles. The third-order valence-electron chi connectivity index (χ3n) is 4.72. The van der Waals surface area contributed by atoms with Crippen molar-refractivity contribution in [3.8, 4) is 5.75 Å². The Morgan fingerprint density at radius 2 is 1.81 bits per heavy atom. The topological polar surface area (TPSA) is 97.2 Å². The Hall–Kier alpha value is -3.26. The number of benzene rings is 2. The molecule has 0 spiro atoms. The Kier molecular flexibility index (Phi) is 7.36. The van der Waals surface area contributed by atoms with Gasteiger partial charge in [-0.05, 0) is 49.2 Å². The third kappa shape index (κ3) is 5.46. The molecule has 3 rings (SSSR count). The molecule has 0 unspecified atom stereocenters. The van der Waals surface area contributed by atoms with E-state index < -0.39 is 18.0 Å². The number of carboxylic acids is 1. The maximum Gasteiger partial charge on any atom is 0.338 e. The minimum atomic E-state index is -0.952. The normalized spacial score (nSPS) is 15.7. The lowest BCUT2D eigenvalue weighted by Crippen LogP contribution is -2.30. The van der Waals surface area contributed by atoms with E-state index in [0.29, 0.717) is 22.2 Å². The summed E-state index contributed by atoms with van der Waals surface area (Å²) in [5, 5.41) is 12.9. The Morgan fingerprint density at radius 1 is 1.13 bits per heavy atom. The second-order valence-corrected chi connectivity index (χ2v) is 7.75. The van der Waals surface area contributed by atoms with Gasteiger partial charge in [-0.1, -0.05) is 36.0 Å². The Balaban J connectivity index is 1.84. The molecule has 162 valence electrons. The van der Waals surface area contributed by atoms with Crippen LogP contribution in [0.1, 0.15) is 41.4 Å². The lowest BCUT2D eigenvalue weighted by atomic mass is 9.96. The molecule has 2 N–H and O–H groups in total. The molecule has 2 aromatic rings. The molecule has 7 nitrogen and oxygen atoms in total. The van der Waals surface area contributed by atoms with E-state index in [9.17, 15) is 9.59 Å². The predicted octanol–water partition coefficient (Wildman–Crippen LogP) is 4.16. The molecule has 0 saturated carbocycles. The van der Waals surface area contributed by atoms with Gasteiger partial charge in [0, 0.05) is 11.4 Å². The quantitative estimate of drug-likeness (QED) is 0.624. The first-order chi connectivity index (χ1) is 14.9. The molecule has 0 saturated heterocycles. The molecule has 0 amide bonds. The number of carboxylic acid groups (broad SMARTS) is 1. The molecule has 31 heavy (non-hydrogen) atoms. The highest BCUT2D eigenvalue weighted by molar-refractivity contribution is 8.13. The fraction of sp³-hybridized carbons (Fsp3) is 0.261. The van der Waals surface area contributed by atoms with Gasteiger partial charge >= 0.3 is 11.9 Å². The van der Waals surface area contributed by atoms with Crippen LogP contribution in [0.2, 0.25) is 0 Å². The largest absolute Gasteiger partial charge is 0.497 e. The second-order valence-electron chi connectivity index (χ2n) is 6.78. The number of nitrogens with one attached hydrogen (secondary N) is 1. The molecule has 0 fully saturated rings. The van der Waals surface area contributed by atoms with Gasteiger partial charge in [0.2, 0.25) is 0 Å². The van der Waals surface area contributed by atoms with Gasteiger partial charge in [-0.15, -0.1) is 0 Å². The summed E-state index contributed by atoms with van der Waals surface area (Å²) in [7, 11) is 1.60. The maximum absolute atomic E-state index is 12.6. The molecule has 1 aliphatic rings. The van der Waals surface area contributed by atoms with E-state index >= 15 is 0 Å². The monoisotopic (exact) mass is 440 g/mol. The number of carbonyl (C=O) groups excluding carboxylic acids is 1. The van der Waals surface area contributed by atoms with Crippen LogP contribution in [0.5, 0.6) is 5.75 Å². The number of methoxy groups -OCH3 is 1. The van der Waals surface area contributed by atoms with Crippen molar-refractivity contribution in [1.82, 2.24) is 5.32 Å². The SMILES string of the molecule is CCOC(=O)C1=C(C)NC(SCc2ccc(C(=O)O)cc2)=N[C@@H]1c1ccc(OC)cc1. The van der Waals surface area contributed by atoms with Crippen molar-refractivity contribution < 1.29 is 24.2 Å². The van der Waals surface area contributed by atoms with Crippen molar-refractivity contribution in [2.75, 3.05) is 13.7 Å². The van der Waals surface area contributed by atoms with Gasteiger partial charge in [0.1, 0.15) is 11.8 Å². The van der Waals surface area contributed by atoms with E-state index in [1.807, 2.05) is 31.2 Å². The van der Waals surface area contributed by atoms with Crippen LogP contribution in [0.25, 0.3) is 0 Å². The summed E-state index contributed by atoms with van der Waals surface area (Å²) in [4.78, 5) is 28.4. The van der Waals surface area contributed by atoms with Crippen molar-refractivity contribution in [2.24, 2.45) is 4.99 Å². The number of esters is 1. The summed E-state index contributed by atoms with van der Waals surface area (Å²) in [6.07, 6.45) is 0. The zero-order valence-corrected chi connectivity index (χ0v) is 18.4. The van der Waals surface area contributed by atoms with Crippen LogP contribution in [0.15, 0.2) is 64.8 Å². The van der Waals surface area contributed by atoms with Crippen molar-refractivity contribution >= 4 is 28.9 Å². The summed E-state index contributed by atoms with van der Waals surface area (Å²) in [6.45, 7) is 3.88. The standard InChI is InChI=1S/C23H24N2O5S/c1-4-30-22(28)19-14(2)24-23(25-20(19)16-9-11-18(29-3)12-10-16)31-13-15-5-7-17(8-6-15)21(26)27/h5-12,20H,4,13H2,1-3H3,(H,24,25)(H,26,27)/t20-/m1/s1. The fourth-order valence-electron chi connectivity index (χ4n) is 3.12. The van der Waals surface area contributed by atoms with Crippen LogP contribution in [0.3, 0.4) is 0 Å². The number of ether oxygens (including phenoxy) is 2. The highest BCUT2D eigenvalue weighted by Crippen LogP contribution is 2.34. The lowest BCUT2D eigenvalue weighted by molar-refractivity contribution is -0.138. The summed E-state index contributed by atoms with van der Waals surface area (Å²) < 4.78 is 10.5. The number of allylic oxidation sites excluding steroid dienone is 1. The summed E-state index contributed by atoms with van der Waals surface area (Å²) in [5.41, 5.74) is 3.24. The van der Waals surface area contributed by atoms with Crippen LogP contribution >= 0.6 is 11.8 Å². The maximum atomic E-state index is 12.6. The molecule has 1 atom stereocenters. The average molecular weight is 441 g/mol. The molecule has 1 heterocycles. The number of hydrogen-bond acceptors (Lipinski definition) is 7. The fourth-order valence-corrected chi connectivity index (χ4v) is 4.02. The van der Waals surface area contributed by atoms with Crippen LogP contribution in [0.4, 0.5) is 0 Å². The van der Waals surface area contributed by atoms with Crippen molar-refractivity contribution in [3.05, 3.63) is 76.5 Å². The van der Waals surface area contributed by atoms with Gasteiger partial charge in [-0.25, -0.2) is 14.6 Å². The summed E-state index contributed by atoms with van der Waals surface area (Å²) >= 11 is 1.48. The highest BCUT2D eigenvalue weighted by atomic mass is 32.2. The Bertz CT molecular complexity index is 1010. The minimum absolute atomic E-state index is 0.249.